The largest absolute Gasteiger partial charge is 0.382 e. The SMILES string of the molecule is Cc1cc(I)ccc1NC(C)CC1CCCCCN1. The van der Waals surface area contributed by atoms with E-state index in [2.05, 4.69) is 65.3 Å². The maximum atomic E-state index is 3.68. The molecule has 3 heteroatoms. The van der Waals surface area contributed by atoms with Crippen molar-refractivity contribution in [1.82, 2.24) is 5.32 Å². The third-order valence-electron chi connectivity index (χ3n) is 3.89. The Morgan fingerprint density at radius 2 is 2.21 bits per heavy atom. The number of aryl methyl sites for hydroxylation is 1. The van der Waals surface area contributed by atoms with Crippen LogP contribution in [0.1, 0.15) is 44.6 Å². The van der Waals surface area contributed by atoms with Crippen molar-refractivity contribution in [2.24, 2.45) is 0 Å². The van der Waals surface area contributed by atoms with E-state index in [1.165, 1.54) is 53.5 Å². The van der Waals surface area contributed by atoms with E-state index < -0.39 is 0 Å². The van der Waals surface area contributed by atoms with Gasteiger partial charge in [0.25, 0.3) is 0 Å². The van der Waals surface area contributed by atoms with Gasteiger partial charge in [-0.05, 0) is 86.0 Å². The Morgan fingerprint density at radius 3 is 3.00 bits per heavy atom. The van der Waals surface area contributed by atoms with Gasteiger partial charge in [0, 0.05) is 21.3 Å². The first-order valence-electron chi connectivity index (χ1n) is 7.41. The van der Waals surface area contributed by atoms with Crippen molar-refractivity contribution < 1.29 is 0 Å². The third kappa shape index (κ3) is 4.95. The van der Waals surface area contributed by atoms with Crippen LogP contribution >= 0.6 is 22.6 Å². The molecule has 2 atom stereocenters. The number of benzene rings is 1. The summed E-state index contributed by atoms with van der Waals surface area (Å²) in [6.45, 7) is 5.67. The number of hydrogen-bond donors (Lipinski definition) is 2. The molecule has 0 bridgehead atoms. The Balaban J connectivity index is 1.87. The molecule has 2 rings (SSSR count). The molecular weight excluding hydrogens is 347 g/mol. The molecule has 0 aliphatic carbocycles. The lowest BCUT2D eigenvalue weighted by molar-refractivity contribution is 0.456. The lowest BCUT2D eigenvalue weighted by Crippen LogP contribution is -2.33. The van der Waals surface area contributed by atoms with Gasteiger partial charge in [-0.2, -0.15) is 0 Å². The second-order valence-corrected chi connectivity index (χ2v) is 6.99. The zero-order valence-electron chi connectivity index (χ0n) is 12.0. The van der Waals surface area contributed by atoms with Crippen LogP contribution in [0, 0.1) is 10.5 Å². The molecular formula is C16H25IN2. The van der Waals surface area contributed by atoms with Gasteiger partial charge in [0.1, 0.15) is 0 Å². The molecule has 0 amide bonds. The summed E-state index contributed by atoms with van der Waals surface area (Å²) in [7, 11) is 0. The molecule has 1 fully saturated rings. The first-order chi connectivity index (χ1) is 9.15. The van der Waals surface area contributed by atoms with Crippen LogP contribution < -0.4 is 10.6 Å². The molecule has 2 nitrogen and oxygen atoms in total. The quantitative estimate of drug-likeness (QED) is 0.770. The average molecular weight is 372 g/mol. The Kier molecular flexibility index (Phi) is 5.95. The fraction of sp³-hybridized carbons (Fsp3) is 0.625. The van der Waals surface area contributed by atoms with E-state index in [0.29, 0.717) is 12.1 Å². The molecule has 0 aromatic heterocycles. The van der Waals surface area contributed by atoms with Gasteiger partial charge in [0.15, 0.2) is 0 Å². The van der Waals surface area contributed by atoms with E-state index in [0.717, 1.165) is 0 Å². The molecule has 19 heavy (non-hydrogen) atoms. The lowest BCUT2D eigenvalue weighted by Gasteiger charge is -2.23. The van der Waals surface area contributed by atoms with E-state index in [4.69, 9.17) is 0 Å². The first kappa shape index (κ1) is 15.1. The minimum atomic E-state index is 0.523. The molecule has 1 aliphatic heterocycles. The molecule has 2 unspecified atom stereocenters. The predicted octanol–water partition coefficient (Wildman–Crippen LogP) is 4.32. The van der Waals surface area contributed by atoms with Crippen molar-refractivity contribution in [3.05, 3.63) is 27.3 Å². The minimum Gasteiger partial charge on any atom is -0.382 e. The average Bonchev–Trinajstić information content (AvgIpc) is 2.61. The summed E-state index contributed by atoms with van der Waals surface area (Å²) in [4.78, 5) is 0. The summed E-state index contributed by atoms with van der Waals surface area (Å²) in [6, 6.07) is 7.82. The third-order valence-corrected chi connectivity index (χ3v) is 4.56. The molecule has 1 aromatic carbocycles. The van der Waals surface area contributed by atoms with Gasteiger partial charge in [0.2, 0.25) is 0 Å². The number of hydrogen-bond acceptors (Lipinski definition) is 2. The Morgan fingerprint density at radius 1 is 1.37 bits per heavy atom. The van der Waals surface area contributed by atoms with Gasteiger partial charge in [-0.3, -0.25) is 0 Å². The van der Waals surface area contributed by atoms with Gasteiger partial charge in [-0.1, -0.05) is 12.8 Å². The highest BCUT2D eigenvalue weighted by molar-refractivity contribution is 14.1. The summed E-state index contributed by atoms with van der Waals surface area (Å²) in [5.74, 6) is 0. The number of anilines is 1. The van der Waals surface area contributed by atoms with Gasteiger partial charge in [-0.15, -0.1) is 0 Å². The Labute approximate surface area is 130 Å². The summed E-state index contributed by atoms with van der Waals surface area (Å²) in [5, 5.41) is 7.34. The molecule has 2 N–H and O–H groups in total. The standard InChI is InChI=1S/C16H25IN2/c1-12-10-14(17)7-8-16(12)19-13(2)11-15-6-4-3-5-9-18-15/h7-8,10,13,15,18-19H,3-6,9,11H2,1-2H3. The zero-order chi connectivity index (χ0) is 13.7. The topological polar surface area (TPSA) is 24.1 Å². The maximum Gasteiger partial charge on any atom is 0.0372 e. The fourth-order valence-corrected chi connectivity index (χ4v) is 3.49. The smallest absolute Gasteiger partial charge is 0.0372 e. The molecule has 106 valence electrons. The molecule has 1 aromatic rings. The Hall–Kier alpha value is -0.290. The molecule has 1 saturated heterocycles. The second-order valence-electron chi connectivity index (χ2n) is 5.74. The molecule has 0 saturated carbocycles. The van der Waals surface area contributed by atoms with Crippen molar-refractivity contribution in [2.75, 3.05) is 11.9 Å². The second kappa shape index (κ2) is 7.48. The van der Waals surface area contributed by atoms with E-state index in [1.807, 2.05) is 0 Å². The highest BCUT2D eigenvalue weighted by atomic mass is 127. The van der Waals surface area contributed by atoms with E-state index in [9.17, 15) is 0 Å². The van der Waals surface area contributed by atoms with Crippen LogP contribution in [0.3, 0.4) is 0 Å². The van der Waals surface area contributed by atoms with Crippen LogP contribution in [-0.2, 0) is 0 Å². The van der Waals surface area contributed by atoms with Crippen LogP contribution in [0.5, 0.6) is 0 Å². The number of rotatable bonds is 4. The van der Waals surface area contributed by atoms with Gasteiger partial charge < -0.3 is 10.6 Å². The summed E-state index contributed by atoms with van der Waals surface area (Å²) < 4.78 is 1.30. The van der Waals surface area contributed by atoms with Crippen molar-refractivity contribution in [3.63, 3.8) is 0 Å². The zero-order valence-corrected chi connectivity index (χ0v) is 14.2. The van der Waals surface area contributed by atoms with Gasteiger partial charge in [0.05, 0.1) is 0 Å². The predicted molar refractivity (Wildman–Crippen MR) is 91.9 cm³/mol. The maximum absolute atomic E-state index is 3.68. The number of halogens is 1. The van der Waals surface area contributed by atoms with E-state index >= 15 is 0 Å². The molecule has 1 heterocycles. The van der Waals surface area contributed by atoms with Crippen molar-refractivity contribution >= 4 is 28.3 Å². The van der Waals surface area contributed by atoms with Crippen LogP contribution in [0.25, 0.3) is 0 Å². The highest BCUT2D eigenvalue weighted by Gasteiger charge is 2.15. The first-order valence-corrected chi connectivity index (χ1v) is 8.49. The van der Waals surface area contributed by atoms with Crippen molar-refractivity contribution in [2.45, 2.75) is 58.0 Å². The van der Waals surface area contributed by atoms with E-state index in [-0.39, 0.29) is 0 Å². The summed E-state index contributed by atoms with van der Waals surface area (Å²) in [5.41, 5.74) is 2.62. The van der Waals surface area contributed by atoms with Crippen LogP contribution in [0.4, 0.5) is 5.69 Å². The summed E-state index contributed by atoms with van der Waals surface area (Å²) >= 11 is 2.37. The lowest BCUT2D eigenvalue weighted by atomic mass is 10.0. The normalized spacial score (nSPS) is 21.7. The van der Waals surface area contributed by atoms with Crippen molar-refractivity contribution in [1.29, 1.82) is 0 Å². The van der Waals surface area contributed by atoms with Crippen LogP contribution in [0.2, 0.25) is 0 Å². The van der Waals surface area contributed by atoms with Crippen molar-refractivity contribution in [3.8, 4) is 0 Å². The van der Waals surface area contributed by atoms with E-state index in [1.54, 1.807) is 0 Å². The Bertz CT molecular complexity index is 398. The van der Waals surface area contributed by atoms with Gasteiger partial charge >= 0.3 is 0 Å². The molecule has 0 spiro atoms. The molecule has 1 aliphatic rings. The summed E-state index contributed by atoms with van der Waals surface area (Å²) in [6.07, 6.45) is 6.66. The van der Waals surface area contributed by atoms with Crippen LogP contribution in [-0.4, -0.2) is 18.6 Å². The monoisotopic (exact) mass is 372 g/mol. The van der Waals surface area contributed by atoms with Gasteiger partial charge in [-0.25, -0.2) is 0 Å². The minimum absolute atomic E-state index is 0.523. The molecule has 0 radical (unpaired) electrons. The highest BCUT2D eigenvalue weighted by Crippen LogP contribution is 2.20. The van der Waals surface area contributed by atoms with Crippen LogP contribution in [0.15, 0.2) is 18.2 Å². The number of nitrogens with one attached hydrogen (secondary N) is 2. The fourth-order valence-electron chi connectivity index (χ4n) is 2.84.